The van der Waals surface area contributed by atoms with Crippen molar-refractivity contribution in [3.63, 3.8) is 0 Å². The second-order valence-electron chi connectivity index (χ2n) is 25.0. The Morgan fingerprint density at radius 3 is 1.86 bits per heavy atom. The fourth-order valence-corrected chi connectivity index (χ4v) is 14.6. The largest absolute Gasteiger partial charge is 0.334 e. The quantitative estimate of drug-likeness (QED) is 0.163. The number of anilines is 5. The summed E-state index contributed by atoms with van der Waals surface area (Å²) in [5, 5.41) is 5.29. The van der Waals surface area contributed by atoms with E-state index in [1.165, 1.54) is 124 Å². The fraction of sp³-hybridized carbons (Fsp3) is 0.273. The molecule has 72 heavy (non-hydrogen) atoms. The number of hydrogen-bond acceptors (Lipinski definition) is 4. The minimum absolute atomic E-state index is 0.0260. The number of rotatable bonds is 4. The van der Waals surface area contributed by atoms with Crippen molar-refractivity contribution in [2.75, 3.05) is 9.80 Å². The molecule has 0 bridgehead atoms. The van der Waals surface area contributed by atoms with Gasteiger partial charge in [0.1, 0.15) is 0 Å². The topological polar surface area (TPSA) is 11.4 Å². The van der Waals surface area contributed by atoms with Gasteiger partial charge in [-0.15, -0.1) is 22.7 Å². The van der Waals surface area contributed by atoms with Crippen LogP contribution in [0.4, 0.5) is 28.4 Å². The molecule has 6 heteroatoms. The van der Waals surface area contributed by atoms with E-state index in [1.807, 2.05) is 22.7 Å². The van der Waals surface area contributed by atoms with Gasteiger partial charge in [-0.1, -0.05) is 186 Å². The molecular weight excluding hydrogens is 910 g/mol. The van der Waals surface area contributed by atoms with E-state index in [4.69, 9.17) is 0 Å². The van der Waals surface area contributed by atoms with Gasteiger partial charge in [0.05, 0.1) is 32.2 Å². The summed E-state index contributed by atoms with van der Waals surface area (Å²) in [5.41, 5.74) is 19.7. The average Bonchev–Trinajstić information content (AvgIpc) is 4.01. The Kier molecular flexibility index (Phi) is 9.86. The molecule has 0 amide bonds. The first-order chi connectivity index (χ1) is 34.2. The highest BCUT2D eigenvalue weighted by Crippen LogP contribution is 2.51. The maximum Gasteiger partial charge on any atom is 0.252 e. The lowest BCUT2D eigenvalue weighted by Gasteiger charge is -2.43. The van der Waals surface area contributed by atoms with Gasteiger partial charge in [0.15, 0.2) is 0 Å². The predicted molar refractivity (Wildman–Crippen MR) is 318 cm³/mol. The van der Waals surface area contributed by atoms with Crippen LogP contribution in [0.15, 0.2) is 157 Å². The number of nitrogens with zero attached hydrogens (tertiary/aromatic N) is 3. The van der Waals surface area contributed by atoms with Crippen LogP contribution in [0.1, 0.15) is 106 Å². The fourth-order valence-electron chi connectivity index (χ4n) is 12.2. The van der Waals surface area contributed by atoms with Crippen LogP contribution < -0.4 is 26.2 Å². The van der Waals surface area contributed by atoms with E-state index in [-0.39, 0.29) is 34.4 Å². The van der Waals surface area contributed by atoms with Gasteiger partial charge in [-0.05, 0) is 115 Å². The third kappa shape index (κ3) is 6.88. The van der Waals surface area contributed by atoms with Crippen molar-refractivity contribution in [1.29, 1.82) is 0 Å². The molecule has 3 nitrogen and oxygen atoms in total. The van der Waals surface area contributed by atoms with E-state index in [0.29, 0.717) is 0 Å². The average molecular weight is 974 g/mol. The molecule has 2 aliphatic heterocycles. The zero-order valence-corrected chi connectivity index (χ0v) is 45.6. The maximum atomic E-state index is 2.69. The van der Waals surface area contributed by atoms with Gasteiger partial charge in [0, 0.05) is 59.4 Å². The van der Waals surface area contributed by atoms with Crippen molar-refractivity contribution in [3.8, 4) is 5.69 Å². The summed E-state index contributed by atoms with van der Waals surface area (Å²) in [6.07, 6.45) is 8.29. The number of allylic oxidation sites excluding steroid dienone is 2. The molecule has 5 heterocycles. The lowest BCUT2D eigenvalue weighted by atomic mass is 9.33. The normalized spacial score (nSPS) is 15.8. The third-order valence-corrected chi connectivity index (χ3v) is 18.5. The molecule has 0 fully saturated rings. The Bertz CT molecular complexity index is 3960. The minimum atomic E-state index is -0.0591. The molecule has 3 aromatic heterocycles. The molecule has 1 atom stereocenters. The second kappa shape index (κ2) is 15.6. The first-order valence-electron chi connectivity index (χ1n) is 26.1. The SMILES string of the molecule is CC(C)(C)C1=CCC(N(c2ccc(C(C)(C)C)cc2)c2cc3c4c(c2)-n2c5c(cccc5c5sc6ccccc6c52)B4c2ccc(C(C)(C)C)cc2N3c2cccc3c2sc2cc(C(C)(C)C)ccc23)C=C1. The number of aromatic nitrogens is 1. The lowest BCUT2D eigenvalue weighted by Crippen LogP contribution is -2.60. The number of benzene rings is 7. The smallest absolute Gasteiger partial charge is 0.252 e. The number of para-hydroxylation sites is 1. The molecule has 7 aromatic carbocycles. The van der Waals surface area contributed by atoms with Gasteiger partial charge in [0.2, 0.25) is 0 Å². The summed E-state index contributed by atoms with van der Waals surface area (Å²) in [4.78, 5) is 5.35. The van der Waals surface area contributed by atoms with Crippen LogP contribution in [-0.2, 0) is 16.2 Å². The van der Waals surface area contributed by atoms with Gasteiger partial charge in [-0.25, -0.2) is 0 Å². The molecule has 0 spiro atoms. The van der Waals surface area contributed by atoms with Crippen molar-refractivity contribution in [2.24, 2.45) is 5.41 Å². The first kappa shape index (κ1) is 45.5. The Labute approximate surface area is 434 Å². The third-order valence-electron chi connectivity index (χ3n) is 16.1. The molecule has 0 N–H and O–H groups in total. The molecule has 0 saturated heterocycles. The number of fused-ring (bicyclic) bond motifs is 12. The van der Waals surface area contributed by atoms with E-state index in [0.717, 1.165) is 6.42 Å². The Balaban J connectivity index is 1.17. The van der Waals surface area contributed by atoms with Gasteiger partial charge in [-0.3, -0.25) is 0 Å². The molecule has 13 rings (SSSR count). The first-order valence-corrected chi connectivity index (χ1v) is 27.7. The Hall–Kier alpha value is -6.34. The van der Waals surface area contributed by atoms with Crippen molar-refractivity contribution in [1.82, 2.24) is 4.57 Å². The monoisotopic (exact) mass is 973 g/mol. The van der Waals surface area contributed by atoms with E-state index in [2.05, 4.69) is 249 Å². The van der Waals surface area contributed by atoms with Crippen molar-refractivity contribution >= 4 is 126 Å². The van der Waals surface area contributed by atoms with Crippen LogP contribution in [0.2, 0.25) is 0 Å². The Morgan fingerprint density at radius 1 is 0.486 bits per heavy atom. The highest BCUT2D eigenvalue weighted by molar-refractivity contribution is 7.27. The Morgan fingerprint density at radius 2 is 1.14 bits per heavy atom. The van der Waals surface area contributed by atoms with Gasteiger partial charge < -0.3 is 14.4 Å². The second-order valence-corrected chi connectivity index (χ2v) is 27.1. The number of thiophene rings is 2. The summed E-state index contributed by atoms with van der Waals surface area (Å²) in [6.45, 7) is 28.0. The molecule has 1 aliphatic carbocycles. The molecule has 0 radical (unpaired) electrons. The molecule has 358 valence electrons. The summed E-state index contributed by atoms with van der Waals surface area (Å²) in [6, 6.07) is 52.6. The van der Waals surface area contributed by atoms with Crippen LogP contribution in [0, 0.1) is 5.41 Å². The summed E-state index contributed by atoms with van der Waals surface area (Å²) < 4.78 is 8.03. The van der Waals surface area contributed by atoms with E-state index >= 15 is 0 Å². The van der Waals surface area contributed by atoms with Gasteiger partial charge >= 0.3 is 0 Å². The highest BCUT2D eigenvalue weighted by atomic mass is 32.1. The van der Waals surface area contributed by atoms with Crippen LogP contribution in [-0.4, -0.2) is 17.3 Å². The maximum absolute atomic E-state index is 2.69. The summed E-state index contributed by atoms with van der Waals surface area (Å²) >= 11 is 3.89. The van der Waals surface area contributed by atoms with Crippen molar-refractivity contribution in [2.45, 2.75) is 112 Å². The van der Waals surface area contributed by atoms with E-state index in [1.54, 1.807) is 0 Å². The molecule has 1 unspecified atom stereocenters. The molecule has 10 aromatic rings. The van der Waals surface area contributed by atoms with Gasteiger partial charge in [0.25, 0.3) is 6.71 Å². The zero-order chi connectivity index (χ0) is 50.0. The van der Waals surface area contributed by atoms with E-state index < -0.39 is 0 Å². The van der Waals surface area contributed by atoms with Crippen molar-refractivity contribution in [3.05, 3.63) is 174 Å². The van der Waals surface area contributed by atoms with E-state index in [9.17, 15) is 0 Å². The molecular formula is C66H64BN3S2. The minimum Gasteiger partial charge on any atom is -0.334 e. The standard InChI is InChI=1S/C66H64BN3S2/c1-63(2,3)39-23-29-43(30-24-39)68(44-31-25-40(26-32-44)64(4,5)6)45-37-54-58-55(38-45)70-59-49(62-60(70)48-17-13-14-22-56(48)71-62)19-15-20-51(59)67(58)50-34-28-41(65(7,8)9)35-53(50)69(54)52-21-16-18-47-46-33-27-42(66(10,11)12)36-57(46)72-61(47)52/h13-31,33-38,44H,32H2,1-12H3. The lowest BCUT2D eigenvalue weighted by molar-refractivity contribution is 0.510. The van der Waals surface area contributed by atoms with Crippen LogP contribution in [0.25, 0.3) is 57.1 Å². The molecule has 3 aliphatic rings. The van der Waals surface area contributed by atoms with Crippen LogP contribution in [0.3, 0.4) is 0 Å². The van der Waals surface area contributed by atoms with Crippen LogP contribution >= 0.6 is 22.7 Å². The van der Waals surface area contributed by atoms with Gasteiger partial charge in [-0.2, -0.15) is 0 Å². The van der Waals surface area contributed by atoms with Crippen LogP contribution in [0.5, 0.6) is 0 Å². The van der Waals surface area contributed by atoms with Crippen molar-refractivity contribution < 1.29 is 0 Å². The highest BCUT2D eigenvalue weighted by Gasteiger charge is 2.44. The summed E-state index contributed by atoms with van der Waals surface area (Å²) in [5.74, 6) is 0. The zero-order valence-electron chi connectivity index (χ0n) is 44.0. The predicted octanol–water partition coefficient (Wildman–Crippen LogP) is 17.3. The molecule has 0 saturated carbocycles. The number of hydrogen-bond donors (Lipinski definition) is 0. The summed E-state index contributed by atoms with van der Waals surface area (Å²) in [7, 11) is 0.